The maximum absolute atomic E-state index is 10.9. The lowest BCUT2D eigenvalue weighted by Crippen LogP contribution is -1.97. The second-order valence-electron chi connectivity index (χ2n) is 2.41. The zero-order valence-corrected chi connectivity index (χ0v) is 7.22. The Kier molecular flexibility index (Phi) is 1.95. The van der Waals surface area contributed by atoms with Crippen LogP contribution in [0.3, 0.4) is 0 Å². The number of sulfone groups is 1. The van der Waals surface area contributed by atoms with Crippen molar-refractivity contribution in [3.05, 3.63) is 24.0 Å². The average molecular weight is 171 g/mol. The molecule has 0 saturated heterocycles. The standard InChI is InChI=1S/C7H9NO2S/c1-6-3-4-7(5-8-6)11(2,9)10/h3-5H,1-2H3. The van der Waals surface area contributed by atoms with Crippen molar-refractivity contribution in [3.63, 3.8) is 0 Å². The van der Waals surface area contributed by atoms with E-state index >= 15 is 0 Å². The van der Waals surface area contributed by atoms with Crippen LogP contribution >= 0.6 is 0 Å². The first kappa shape index (κ1) is 8.20. The van der Waals surface area contributed by atoms with Gasteiger partial charge in [-0.25, -0.2) is 8.42 Å². The van der Waals surface area contributed by atoms with Gasteiger partial charge in [-0.2, -0.15) is 0 Å². The molecule has 0 atom stereocenters. The molecule has 60 valence electrons. The highest BCUT2D eigenvalue weighted by Gasteiger charge is 2.05. The van der Waals surface area contributed by atoms with E-state index in [1.165, 1.54) is 12.5 Å². The first-order valence-electron chi connectivity index (χ1n) is 3.13. The molecule has 0 unspecified atom stereocenters. The van der Waals surface area contributed by atoms with Gasteiger partial charge >= 0.3 is 0 Å². The van der Waals surface area contributed by atoms with Crippen molar-refractivity contribution in [3.8, 4) is 0 Å². The SMILES string of the molecule is Cc1ccc(S(C)(=O)=O)cn1. The summed E-state index contributed by atoms with van der Waals surface area (Å²) in [7, 11) is -3.08. The number of pyridine rings is 1. The largest absolute Gasteiger partial charge is 0.260 e. The molecule has 0 aliphatic rings. The van der Waals surface area contributed by atoms with Crippen molar-refractivity contribution in [2.24, 2.45) is 0 Å². The van der Waals surface area contributed by atoms with Gasteiger partial charge in [-0.3, -0.25) is 4.98 Å². The molecule has 1 heterocycles. The predicted octanol–water partition coefficient (Wildman–Crippen LogP) is 0.794. The quantitative estimate of drug-likeness (QED) is 0.627. The Hall–Kier alpha value is -0.900. The lowest BCUT2D eigenvalue weighted by molar-refractivity contribution is 0.601. The predicted molar refractivity (Wildman–Crippen MR) is 42.1 cm³/mol. The molecule has 0 spiro atoms. The van der Waals surface area contributed by atoms with Gasteiger partial charge in [-0.05, 0) is 19.1 Å². The number of rotatable bonds is 1. The van der Waals surface area contributed by atoms with Gasteiger partial charge in [-0.15, -0.1) is 0 Å². The van der Waals surface area contributed by atoms with Gasteiger partial charge in [0.2, 0.25) is 0 Å². The van der Waals surface area contributed by atoms with Crippen LogP contribution in [0.2, 0.25) is 0 Å². The average Bonchev–Trinajstić information content (AvgIpc) is 1.86. The van der Waals surface area contributed by atoms with Crippen LogP contribution in [-0.2, 0) is 9.84 Å². The highest BCUT2D eigenvalue weighted by atomic mass is 32.2. The summed E-state index contributed by atoms with van der Waals surface area (Å²) >= 11 is 0. The lowest BCUT2D eigenvalue weighted by Gasteiger charge is -1.96. The molecule has 0 fully saturated rings. The number of aryl methyl sites for hydroxylation is 1. The van der Waals surface area contributed by atoms with Crippen molar-refractivity contribution in [2.75, 3.05) is 6.26 Å². The second kappa shape index (κ2) is 2.62. The van der Waals surface area contributed by atoms with Gasteiger partial charge in [0.1, 0.15) is 0 Å². The van der Waals surface area contributed by atoms with Crippen molar-refractivity contribution in [2.45, 2.75) is 11.8 Å². The van der Waals surface area contributed by atoms with Gasteiger partial charge in [0.25, 0.3) is 0 Å². The summed E-state index contributed by atoms with van der Waals surface area (Å²) in [6.07, 6.45) is 2.53. The molecular weight excluding hydrogens is 162 g/mol. The maximum atomic E-state index is 10.9. The lowest BCUT2D eigenvalue weighted by atomic mass is 10.4. The number of aromatic nitrogens is 1. The van der Waals surface area contributed by atoms with Gasteiger partial charge in [0.05, 0.1) is 4.90 Å². The van der Waals surface area contributed by atoms with Crippen LogP contribution in [0.1, 0.15) is 5.69 Å². The highest BCUT2D eigenvalue weighted by Crippen LogP contribution is 2.05. The van der Waals surface area contributed by atoms with E-state index in [2.05, 4.69) is 4.98 Å². The number of hydrogen-bond donors (Lipinski definition) is 0. The van der Waals surface area contributed by atoms with E-state index in [4.69, 9.17) is 0 Å². The molecule has 0 radical (unpaired) electrons. The smallest absolute Gasteiger partial charge is 0.177 e. The zero-order chi connectivity index (χ0) is 8.48. The molecule has 3 nitrogen and oxygen atoms in total. The molecule has 1 aromatic rings. The second-order valence-corrected chi connectivity index (χ2v) is 4.42. The van der Waals surface area contributed by atoms with E-state index in [0.29, 0.717) is 0 Å². The third kappa shape index (κ3) is 2.01. The molecule has 0 amide bonds. The molecule has 0 saturated carbocycles. The Morgan fingerprint density at radius 3 is 2.36 bits per heavy atom. The van der Waals surface area contributed by atoms with E-state index in [1.807, 2.05) is 6.92 Å². The van der Waals surface area contributed by atoms with Gasteiger partial charge in [0.15, 0.2) is 9.84 Å². The van der Waals surface area contributed by atoms with Crippen LogP contribution in [0.4, 0.5) is 0 Å². The van der Waals surface area contributed by atoms with Crippen molar-refractivity contribution in [1.82, 2.24) is 4.98 Å². The minimum Gasteiger partial charge on any atom is -0.260 e. The Morgan fingerprint density at radius 1 is 1.36 bits per heavy atom. The van der Waals surface area contributed by atoms with Crippen LogP contribution in [0.5, 0.6) is 0 Å². The van der Waals surface area contributed by atoms with Crippen molar-refractivity contribution in [1.29, 1.82) is 0 Å². The van der Waals surface area contributed by atoms with Gasteiger partial charge in [0, 0.05) is 18.1 Å². The molecule has 0 N–H and O–H groups in total. The molecule has 0 bridgehead atoms. The first-order chi connectivity index (χ1) is 5.00. The Balaban J connectivity index is 3.20. The maximum Gasteiger partial charge on any atom is 0.177 e. The fourth-order valence-corrected chi connectivity index (χ4v) is 1.23. The summed E-state index contributed by atoms with van der Waals surface area (Å²) in [6.45, 7) is 1.81. The number of nitrogens with zero attached hydrogens (tertiary/aromatic N) is 1. The zero-order valence-electron chi connectivity index (χ0n) is 6.40. The summed E-state index contributed by atoms with van der Waals surface area (Å²) in [5.41, 5.74) is 0.817. The van der Waals surface area contributed by atoms with E-state index < -0.39 is 9.84 Å². The summed E-state index contributed by atoms with van der Waals surface area (Å²) in [4.78, 5) is 4.13. The minimum absolute atomic E-state index is 0.267. The van der Waals surface area contributed by atoms with Crippen molar-refractivity contribution < 1.29 is 8.42 Å². The van der Waals surface area contributed by atoms with Crippen LogP contribution in [-0.4, -0.2) is 19.7 Å². The molecule has 11 heavy (non-hydrogen) atoms. The molecule has 0 aliphatic carbocycles. The first-order valence-corrected chi connectivity index (χ1v) is 5.02. The van der Waals surface area contributed by atoms with Crippen LogP contribution in [0.25, 0.3) is 0 Å². The Bertz CT molecular complexity index is 339. The molecular formula is C7H9NO2S. The monoisotopic (exact) mass is 171 g/mol. The fourth-order valence-electron chi connectivity index (χ4n) is 0.674. The van der Waals surface area contributed by atoms with Crippen molar-refractivity contribution >= 4 is 9.84 Å². The molecule has 4 heteroatoms. The van der Waals surface area contributed by atoms with Crippen LogP contribution in [0.15, 0.2) is 23.2 Å². The molecule has 1 aromatic heterocycles. The Labute approximate surface area is 66.0 Å². The number of hydrogen-bond acceptors (Lipinski definition) is 3. The summed E-state index contributed by atoms with van der Waals surface area (Å²) in [6, 6.07) is 3.23. The topological polar surface area (TPSA) is 47.0 Å². The van der Waals surface area contributed by atoms with E-state index in [-0.39, 0.29) is 4.90 Å². The minimum atomic E-state index is -3.08. The van der Waals surface area contributed by atoms with E-state index in [9.17, 15) is 8.42 Å². The Morgan fingerprint density at radius 2 is 2.00 bits per heavy atom. The van der Waals surface area contributed by atoms with E-state index in [0.717, 1.165) is 5.69 Å². The summed E-state index contributed by atoms with van der Waals surface area (Å²) < 4.78 is 21.8. The van der Waals surface area contributed by atoms with Crippen LogP contribution in [0, 0.1) is 6.92 Å². The molecule has 1 rings (SSSR count). The normalized spacial score (nSPS) is 11.5. The van der Waals surface area contributed by atoms with Gasteiger partial charge < -0.3 is 0 Å². The third-order valence-corrected chi connectivity index (χ3v) is 2.41. The fraction of sp³-hybridized carbons (Fsp3) is 0.286. The molecule has 0 aliphatic heterocycles. The summed E-state index contributed by atoms with van der Waals surface area (Å²) in [5, 5.41) is 0. The van der Waals surface area contributed by atoms with Crippen LogP contribution < -0.4 is 0 Å². The molecule has 0 aromatic carbocycles. The van der Waals surface area contributed by atoms with Gasteiger partial charge in [-0.1, -0.05) is 0 Å². The third-order valence-electron chi connectivity index (χ3n) is 1.31. The van der Waals surface area contributed by atoms with E-state index in [1.54, 1.807) is 12.1 Å². The summed E-state index contributed by atoms with van der Waals surface area (Å²) in [5.74, 6) is 0. The highest BCUT2D eigenvalue weighted by molar-refractivity contribution is 7.90.